The molecular weight excluding hydrogens is 388 g/mol. The summed E-state index contributed by atoms with van der Waals surface area (Å²) in [6.45, 7) is 3.61. The molecule has 28 heavy (non-hydrogen) atoms. The van der Waals surface area contributed by atoms with E-state index in [4.69, 9.17) is 20.8 Å². The normalized spacial score (nSPS) is 10.7. The quantitative estimate of drug-likeness (QED) is 0.491. The van der Waals surface area contributed by atoms with Crippen LogP contribution >= 0.6 is 11.6 Å². The Hall–Kier alpha value is -3.33. The van der Waals surface area contributed by atoms with E-state index in [9.17, 15) is 14.9 Å². The molecule has 9 nitrogen and oxygen atoms in total. The molecule has 3 aromatic rings. The van der Waals surface area contributed by atoms with Crippen molar-refractivity contribution in [1.82, 2.24) is 9.78 Å². The van der Waals surface area contributed by atoms with Crippen LogP contribution in [-0.4, -0.2) is 27.7 Å². The van der Waals surface area contributed by atoms with Crippen LogP contribution in [0.4, 0.5) is 11.5 Å². The highest BCUT2D eigenvalue weighted by Gasteiger charge is 2.24. The first-order valence-electron chi connectivity index (χ1n) is 8.22. The van der Waals surface area contributed by atoms with Gasteiger partial charge in [-0.25, -0.2) is 0 Å². The molecule has 2 heterocycles. The minimum absolute atomic E-state index is 0.0268. The van der Waals surface area contributed by atoms with E-state index >= 15 is 0 Å². The number of nitrogens with one attached hydrogen (secondary N) is 1. The number of rotatable bonds is 6. The molecule has 0 radical (unpaired) electrons. The van der Waals surface area contributed by atoms with Crippen LogP contribution in [0.15, 0.2) is 34.7 Å². The summed E-state index contributed by atoms with van der Waals surface area (Å²) in [5, 5.41) is 17.5. The zero-order valence-corrected chi connectivity index (χ0v) is 16.1. The number of aromatic nitrogens is 2. The molecule has 1 amide bonds. The summed E-state index contributed by atoms with van der Waals surface area (Å²) in [4.78, 5) is 22.8. The highest BCUT2D eigenvalue weighted by atomic mass is 35.5. The summed E-state index contributed by atoms with van der Waals surface area (Å²) in [7, 11) is 1.52. The molecule has 3 rings (SSSR count). The predicted octanol–water partition coefficient (Wildman–Crippen LogP) is 3.96. The van der Waals surface area contributed by atoms with Crippen molar-refractivity contribution in [3.8, 4) is 5.75 Å². The molecule has 10 heteroatoms. The highest BCUT2D eigenvalue weighted by Crippen LogP contribution is 2.28. The second-order valence-electron chi connectivity index (χ2n) is 6.06. The Morgan fingerprint density at radius 3 is 2.75 bits per heavy atom. The van der Waals surface area contributed by atoms with E-state index < -0.39 is 16.6 Å². The van der Waals surface area contributed by atoms with Crippen LogP contribution in [0.2, 0.25) is 5.02 Å². The number of halogens is 1. The molecule has 1 aromatic carbocycles. The Morgan fingerprint density at radius 1 is 1.36 bits per heavy atom. The van der Waals surface area contributed by atoms with Crippen LogP contribution in [0, 0.1) is 24.0 Å². The molecule has 1 N–H and O–H groups in total. The van der Waals surface area contributed by atoms with Crippen molar-refractivity contribution in [3.63, 3.8) is 0 Å². The molecule has 0 fully saturated rings. The first-order valence-corrected chi connectivity index (χ1v) is 8.60. The number of carbonyl (C=O) groups excluding carboxylic acids is 1. The van der Waals surface area contributed by atoms with E-state index in [0.29, 0.717) is 22.9 Å². The van der Waals surface area contributed by atoms with E-state index in [0.717, 1.165) is 5.56 Å². The molecule has 0 unspecified atom stereocenters. The number of aryl methyl sites for hydroxylation is 1. The summed E-state index contributed by atoms with van der Waals surface area (Å²) >= 11 is 5.93. The van der Waals surface area contributed by atoms with Crippen LogP contribution in [0.25, 0.3) is 0 Å². The molecule has 0 bridgehead atoms. The van der Waals surface area contributed by atoms with Crippen LogP contribution in [0.5, 0.6) is 5.75 Å². The third kappa shape index (κ3) is 3.84. The minimum Gasteiger partial charge on any atom is -0.495 e. The van der Waals surface area contributed by atoms with Crippen molar-refractivity contribution in [3.05, 3.63) is 68.2 Å². The summed E-state index contributed by atoms with van der Waals surface area (Å²) < 4.78 is 12.2. The second-order valence-corrected chi connectivity index (χ2v) is 6.44. The van der Waals surface area contributed by atoms with Gasteiger partial charge in [-0.1, -0.05) is 17.7 Å². The Kier molecular flexibility index (Phi) is 5.36. The van der Waals surface area contributed by atoms with E-state index in [1.807, 2.05) is 13.0 Å². The third-order valence-electron chi connectivity index (χ3n) is 4.08. The average Bonchev–Trinajstić information content (AvgIpc) is 3.22. The Bertz CT molecular complexity index is 1060. The number of hydrogen-bond donors (Lipinski definition) is 1. The number of benzene rings is 1. The Morgan fingerprint density at radius 2 is 2.11 bits per heavy atom. The lowest BCUT2D eigenvalue weighted by molar-refractivity contribution is -0.389. The maximum Gasteiger partial charge on any atom is 0.408 e. The zero-order valence-electron chi connectivity index (χ0n) is 15.4. The third-order valence-corrected chi connectivity index (χ3v) is 4.53. The standard InChI is InChI=1S/C18H17ClN4O5/c1-10-4-6-14(27-3)13(8-10)20-18(24)15-7-5-12(28-15)9-22-11(2)16(19)17(21-22)23(25)26/h4-8H,9H2,1-3H3,(H,20,24). The number of ether oxygens (including phenoxy) is 1. The maximum absolute atomic E-state index is 12.5. The number of methoxy groups -OCH3 is 1. The second kappa shape index (κ2) is 7.73. The van der Waals surface area contributed by atoms with Crippen LogP contribution in [0.3, 0.4) is 0 Å². The van der Waals surface area contributed by atoms with Gasteiger partial charge in [0.1, 0.15) is 18.1 Å². The first-order chi connectivity index (χ1) is 13.3. The molecule has 0 aliphatic heterocycles. The summed E-state index contributed by atoms with van der Waals surface area (Å²) in [6, 6.07) is 8.53. The Balaban J connectivity index is 1.77. The lowest BCUT2D eigenvalue weighted by Crippen LogP contribution is -2.12. The SMILES string of the molecule is COc1ccc(C)cc1NC(=O)c1ccc(Cn2nc([N+](=O)[O-])c(Cl)c2C)o1. The first kappa shape index (κ1) is 19.4. The van der Waals surface area contributed by atoms with Gasteiger partial charge < -0.3 is 24.6 Å². The summed E-state index contributed by atoms with van der Waals surface area (Å²) in [5.74, 6) is 0.147. The zero-order chi connectivity index (χ0) is 20.4. The molecule has 146 valence electrons. The number of hydrogen-bond acceptors (Lipinski definition) is 6. The van der Waals surface area contributed by atoms with Crippen molar-refractivity contribution in [2.75, 3.05) is 12.4 Å². The molecule has 0 aliphatic carbocycles. The van der Waals surface area contributed by atoms with Crippen molar-refractivity contribution in [1.29, 1.82) is 0 Å². The van der Waals surface area contributed by atoms with Crippen molar-refractivity contribution >= 4 is 29.0 Å². The number of furan rings is 1. The molecule has 0 atom stereocenters. The largest absolute Gasteiger partial charge is 0.495 e. The maximum atomic E-state index is 12.5. The summed E-state index contributed by atoms with van der Waals surface area (Å²) in [5.41, 5.74) is 1.92. The average molecular weight is 405 g/mol. The minimum atomic E-state index is -0.651. The van der Waals surface area contributed by atoms with Gasteiger partial charge in [-0.3, -0.25) is 4.79 Å². The van der Waals surface area contributed by atoms with Gasteiger partial charge in [-0.05, 0) is 48.6 Å². The van der Waals surface area contributed by atoms with Gasteiger partial charge in [0.25, 0.3) is 5.91 Å². The van der Waals surface area contributed by atoms with E-state index in [2.05, 4.69) is 10.4 Å². The topological polar surface area (TPSA) is 112 Å². The van der Waals surface area contributed by atoms with Gasteiger partial charge in [0.05, 0.1) is 23.6 Å². The van der Waals surface area contributed by atoms with E-state index in [1.165, 1.54) is 17.9 Å². The van der Waals surface area contributed by atoms with Gasteiger partial charge in [0.15, 0.2) is 10.8 Å². The van der Waals surface area contributed by atoms with E-state index in [-0.39, 0.29) is 17.3 Å². The fourth-order valence-electron chi connectivity index (χ4n) is 2.61. The van der Waals surface area contributed by atoms with Gasteiger partial charge in [-0.2, -0.15) is 4.68 Å². The van der Waals surface area contributed by atoms with Crippen LogP contribution < -0.4 is 10.1 Å². The number of nitrogens with zero attached hydrogens (tertiary/aromatic N) is 3. The molecule has 0 aliphatic rings. The lowest BCUT2D eigenvalue weighted by Gasteiger charge is -2.10. The van der Waals surface area contributed by atoms with Crippen LogP contribution in [-0.2, 0) is 6.54 Å². The van der Waals surface area contributed by atoms with Crippen molar-refractivity contribution in [2.45, 2.75) is 20.4 Å². The van der Waals surface area contributed by atoms with Crippen LogP contribution in [0.1, 0.15) is 27.6 Å². The highest BCUT2D eigenvalue weighted by molar-refractivity contribution is 6.33. The summed E-state index contributed by atoms with van der Waals surface area (Å²) in [6.07, 6.45) is 0. The fourth-order valence-corrected chi connectivity index (χ4v) is 2.82. The van der Waals surface area contributed by atoms with Crippen molar-refractivity contribution in [2.24, 2.45) is 0 Å². The molecular formula is C18H17ClN4O5. The molecule has 2 aromatic heterocycles. The van der Waals surface area contributed by atoms with Gasteiger partial charge in [0.2, 0.25) is 0 Å². The van der Waals surface area contributed by atoms with Gasteiger partial charge in [-0.15, -0.1) is 0 Å². The van der Waals surface area contributed by atoms with E-state index in [1.54, 1.807) is 25.1 Å². The van der Waals surface area contributed by atoms with Crippen molar-refractivity contribution < 1.29 is 18.9 Å². The monoisotopic (exact) mass is 404 g/mol. The van der Waals surface area contributed by atoms with Gasteiger partial charge >= 0.3 is 5.82 Å². The van der Waals surface area contributed by atoms with Gasteiger partial charge in [0, 0.05) is 0 Å². The lowest BCUT2D eigenvalue weighted by atomic mass is 10.2. The number of anilines is 1. The molecule has 0 spiro atoms. The number of nitro groups is 1. The smallest absolute Gasteiger partial charge is 0.408 e. The fraction of sp³-hybridized carbons (Fsp3) is 0.222. The molecule has 0 saturated heterocycles. The molecule has 0 saturated carbocycles. The number of amides is 1. The number of carbonyl (C=O) groups is 1. The predicted molar refractivity (Wildman–Crippen MR) is 102 cm³/mol. The Labute approximate surface area is 165 Å².